The Balaban J connectivity index is 2.08. The molecule has 0 spiro atoms. The molecule has 1 saturated heterocycles. The van der Waals surface area contributed by atoms with Crippen LogP contribution in [0.1, 0.15) is 11.3 Å². The van der Waals surface area contributed by atoms with Crippen LogP contribution in [0.2, 0.25) is 0 Å². The maximum atomic E-state index is 12.2. The van der Waals surface area contributed by atoms with Crippen LogP contribution in [0.15, 0.2) is 6.07 Å². The van der Waals surface area contributed by atoms with Gasteiger partial charge in [0.1, 0.15) is 0 Å². The second kappa shape index (κ2) is 3.52. The van der Waals surface area contributed by atoms with Gasteiger partial charge in [-0.15, -0.1) is 5.10 Å². The third kappa shape index (κ3) is 1.56. The van der Waals surface area contributed by atoms with Gasteiger partial charge >= 0.3 is 0 Å². The normalized spacial score (nSPS) is 16.9. The minimum atomic E-state index is -0.227. The topological polar surface area (TPSA) is 29.0 Å². The van der Waals surface area contributed by atoms with E-state index in [4.69, 9.17) is 0 Å². The first-order valence-corrected chi connectivity index (χ1v) is 4.82. The van der Waals surface area contributed by atoms with E-state index in [1.54, 1.807) is 0 Å². The molecule has 1 aliphatic rings. The molecule has 0 atom stereocenters. The predicted octanol–water partition coefficient (Wildman–Crippen LogP) is 1.50. The minimum absolute atomic E-state index is 0.193. The molecule has 1 aromatic rings. The molecular formula is C10H14FN3. The summed E-state index contributed by atoms with van der Waals surface area (Å²) in [5.74, 6) is 1.07. The van der Waals surface area contributed by atoms with E-state index in [1.807, 2.05) is 19.9 Å². The van der Waals surface area contributed by atoms with Gasteiger partial charge in [0.2, 0.25) is 0 Å². The van der Waals surface area contributed by atoms with E-state index in [0.717, 1.165) is 30.2 Å². The maximum absolute atomic E-state index is 12.2. The summed E-state index contributed by atoms with van der Waals surface area (Å²) in [6.07, 6.45) is 0. The van der Waals surface area contributed by atoms with E-state index in [9.17, 15) is 4.39 Å². The fourth-order valence-corrected chi connectivity index (χ4v) is 1.54. The number of nitrogens with zero attached hydrogens (tertiary/aromatic N) is 3. The van der Waals surface area contributed by atoms with E-state index in [1.165, 1.54) is 0 Å². The van der Waals surface area contributed by atoms with Crippen molar-refractivity contribution in [2.45, 2.75) is 13.8 Å². The van der Waals surface area contributed by atoms with Gasteiger partial charge in [0.05, 0.1) is 12.4 Å². The van der Waals surface area contributed by atoms with Gasteiger partial charge < -0.3 is 4.90 Å². The van der Waals surface area contributed by atoms with Gasteiger partial charge in [0.25, 0.3) is 0 Å². The molecule has 0 saturated carbocycles. The molecule has 76 valence electrons. The molecule has 0 amide bonds. The average Bonchev–Trinajstić information content (AvgIpc) is 2.09. The minimum Gasteiger partial charge on any atom is -0.354 e. The van der Waals surface area contributed by atoms with Crippen LogP contribution in [0.3, 0.4) is 0 Å². The summed E-state index contributed by atoms with van der Waals surface area (Å²) < 4.78 is 12.2. The quantitative estimate of drug-likeness (QED) is 0.716. The highest BCUT2D eigenvalue weighted by Gasteiger charge is 2.27. The van der Waals surface area contributed by atoms with Gasteiger partial charge in [-0.3, -0.25) is 4.39 Å². The Morgan fingerprint density at radius 3 is 2.71 bits per heavy atom. The molecule has 14 heavy (non-hydrogen) atoms. The maximum Gasteiger partial charge on any atom is 0.151 e. The summed E-state index contributed by atoms with van der Waals surface area (Å²) in [6, 6.07) is 2.01. The Hall–Kier alpha value is -1.19. The standard InChI is InChI=1S/C10H14FN3/c1-7-3-10(13-12-8(7)2)14-5-9(4-11)6-14/h3,9H,4-6H2,1-2H3. The lowest BCUT2D eigenvalue weighted by Gasteiger charge is -2.38. The molecule has 2 rings (SSSR count). The van der Waals surface area contributed by atoms with Crippen LogP contribution < -0.4 is 4.90 Å². The van der Waals surface area contributed by atoms with Crippen molar-refractivity contribution in [1.82, 2.24) is 10.2 Å². The van der Waals surface area contributed by atoms with Crippen LogP contribution in [0.4, 0.5) is 10.2 Å². The molecule has 3 nitrogen and oxygen atoms in total. The Bertz CT molecular complexity index is 334. The Kier molecular flexibility index (Phi) is 2.35. The molecule has 4 heteroatoms. The summed E-state index contributed by atoms with van der Waals surface area (Å²) in [5, 5.41) is 8.13. The molecule has 1 fully saturated rings. The van der Waals surface area contributed by atoms with Crippen LogP contribution in [-0.4, -0.2) is 30.0 Å². The van der Waals surface area contributed by atoms with Crippen LogP contribution in [0.25, 0.3) is 0 Å². The van der Waals surface area contributed by atoms with Gasteiger partial charge in [-0.05, 0) is 25.5 Å². The monoisotopic (exact) mass is 195 g/mol. The van der Waals surface area contributed by atoms with Crippen molar-refractivity contribution in [3.63, 3.8) is 0 Å². The number of anilines is 1. The molecule has 1 aromatic heterocycles. The average molecular weight is 195 g/mol. The molecule has 0 unspecified atom stereocenters. The SMILES string of the molecule is Cc1cc(N2CC(CF)C2)nnc1C. The third-order valence-electron chi connectivity index (χ3n) is 2.72. The van der Waals surface area contributed by atoms with Crippen molar-refractivity contribution in [3.05, 3.63) is 17.3 Å². The van der Waals surface area contributed by atoms with Crippen LogP contribution >= 0.6 is 0 Å². The van der Waals surface area contributed by atoms with E-state index in [0.29, 0.717) is 0 Å². The van der Waals surface area contributed by atoms with Crippen molar-refractivity contribution in [3.8, 4) is 0 Å². The molecule has 0 aromatic carbocycles. The molecule has 0 bridgehead atoms. The smallest absolute Gasteiger partial charge is 0.151 e. The summed E-state index contributed by atoms with van der Waals surface area (Å²) in [7, 11) is 0. The Morgan fingerprint density at radius 2 is 2.14 bits per heavy atom. The Labute approximate surface area is 82.9 Å². The van der Waals surface area contributed by atoms with Crippen LogP contribution in [0, 0.1) is 19.8 Å². The van der Waals surface area contributed by atoms with E-state index < -0.39 is 0 Å². The summed E-state index contributed by atoms with van der Waals surface area (Å²) in [4.78, 5) is 2.06. The molecule has 0 aliphatic carbocycles. The number of hydrogen-bond donors (Lipinski definition) is 0. The molecule has 0 radical (unpaired) electrons. The second-order valence-electron chi connectivity index (χ2n) is 3.90. The first kappa shape index (κ1) is 9.37. The summed E-state index contributed by atoms with van der Waals surface area (Å²) in [6.45, 7) is 5.27. The number of halogens is 1. The first-order chi connectivity index (χ1) is 6.70. The summed E-state index contributed by atoms with van der Waals surface area (Å²) in [5.41, 5.74) is 2.09. The zero-order valence-corrected chi connectivity index (χ0v) is 8.50. The van der Waals surface area contributed by atoms with Crippen molar-refractivity contribution >= 4 is 5.82 Å². The van der Waals surface area contributed by atoms with Crippen LogP contribution in [0.5, 0.6) is 0 Å². The number of hydrogen-bond acceptors (Lipinski definition) is 3. The Morgan fingerprint density at radius 1 is 1.43 bits per heavy atom. The number of alkyl halides is 1. The first-order valence-electron chi connectivity index (χ1n) is 4.82. The van der Waals surface area contributed by atoms with Gasteiger partial charge in [0, 0.05) is 19.0 Å². The van der Waals surface area contributed by atoms with Gasteiger partial charge in [-0.2, -0.15) is 5.10 Å². The fraction of sp³-hybridized carbons (Fsp3) is 0.600. The highest BCUT2D eigenvalue weighted by atomic mass is 19.1. The highest BCUT2D eigenvalue weighted by molar-refractivity contribution is 5.43. The third-order valence-corrected chi connectivity index (χ3v) is 2.72. The van der Waals surface area contributed by atoms with E-state index in [-0.39, 0.29) is 12.6 Å². The molecule has 2 heterocycles. The second-order valence-corrected chi connectivity index (χ2v) is 3.90. The van der Waals surface area contributed by atoms with E-state index >= 15 is 0 Å². The fourth-order valence-electron chi connectivity index (χ4n) is 1.54. The van der Waals surface area contributed by atoms with Crippen LogP contribution in [-0.2, 0) is 0 Å². The largest absolute Gasteiger partial charge is 0.354 e. The van der Waals surface area contributed by atoms with Crippen molar-refractivity contribution in [2.24, 2.45) is 5.92 Å². The molecule has 1 aliphatic heterocycles. The van der Waals surface area contributed by atoms with Crippen molar-refractivity contribution in [1.29, 1.82) is 0 Å². The van der Waals surface area contributed by atoms with Crippen molar-refractivity contribution < 1.29 is 4.39 Å². The zero-order chi connectivity index (χ0) is 10.1. The zero-order valence-electron chi connectivity index (χ0n) is 8.50. The number of aryl methyl sites for hydroxylation is 2. The lowest BCUT2D eigenvalue weighted by atomic mass is 10.0. The lowest BCUT2D eigenvalue weighted by molar-refractivity contribution is 0.304. The predicted molar refractivity (Wildman–Crippen MR) is 53.2 cm³/mol. The highest BCUT2D eigenvalue weighted by Crippen LogP contribution is 2.23. The molecule has 0 N–H and O–H groups in total. The lowest BCUT2D eigenvalue weighted by Crippen LogP contribution is -2.48. The summed E-state index contributed by atoms with van der Waals surface area (Å²) >= 11 is 0. The van der Waals surface area contributed by atoms with Gasteiger partial charge in [-0.25, -0.2) is 0 Å². The number of aromatic nitrogens is 2. The number of rotatable bonds is 2. The van der Waals surface area contributed by atoms with Crippen molar-refractivity contribution in [2.75, 3.05) is 24.7 Å². The van der Waals surface area contributed by atoms with Gasteiger partial charge in [0.15, 0.2) is 5.82 Å². The molecular weight excluding hydrogens is 181 g/mol. The van der Waals surface area contributed by atoms with Gasteiger partial charge in [-0.1, -0.05) is 0 Å². The van der Waals surface area contributed by atoms with E-state index in [2.05, 4.69) is 15.1 Å².